The Morgan fingerprint density at radius 3 is 2.56 bits per heavy atom. The van der Waals surface area contributed by atoms with Crippen LogP contribution in [0.5, 0.6) is 0 Å². The molecule has 2 heterocycles. The number of ether oxygens (including phenoxy) is 1. The molecule has 50 heavy (non-hydrogen) atoms. The molecule has 0 saturated heterocycles. The summed E-state index contributed by atoms with van der Waals surface area (Å²) in [6.07, 6.45) is -0.0509. The standard InChI is InChI=1S/C33H38F3N5O7S2/c1-18-17-49-28(37-18)23-11-8-19(33(34,35)36)13-26(23)38-31(45)48-21-14-24-25(15-21)29(43)41(2)12-6-4-3-5-7-20-16-32(20,39-27(24)42)30(44)40-50(46,47)22-9-10-22/h5,7-8,11,13,17,20-22,24-25H,3-4,6,9-10,12,14-16H2,1-2H3,(H,38,45)(H,39,42)(H,40,44)/t20-,21-,24-,25-,32-/m1/s1. The van der Waals surface area contributed by atoms with E-state index in [1.165, 1.54) is 22.3 Å². The molecule has 3 aliphatic carbocycles. The van der Waals surface area contributed by atoms with Gasteiger partial charge in [0.2, 0.25) is 21.8 Å². The highest BCUT2D eigenvalue weighted by Gasteiger charge is 2.62. The molecule has 6 rings (SSSR count). The van der Waals surface area contributed by atoms with Crippen LogP contribution in [0, 0.1) is 24.7 Å². The molecule has 0 spiro atoms. The number of anilines is 1. The largest absolute Gasteiger partial charge is 0.446 e. The molecule has 1 aliphatic heterocycles. The number of hydrogen-bond donors (Lipinski definition) is 3. The number of aromatic nitrogens is 1. The Kier molecular flexibility index (Phi) is 9.76. The first-order valence-corrected chi connectivity index (χ1v) is 18.9. The SMILES string of the molecule is Cc1csc(-c2ccc(C(F)(F)F)cc2NC(=O)O[C@@H]2C[C@H]3C(=O)N[C@]4(C(=O)NS(=O)(=O)C5CC5)C[C@H]4C=CCCCCN(C)C(=O)[C@@H]3C2)n1. The molecule has 3 saturated carbocycles. The Balaban J connectivity index is 1.22. The summed E-state index contributed by atoms with van der Waals surface area (Å²) in [5.41, 5.74) is -1.79. The average Bonchev–Trinajstić information content (AvgIpc) is 3.93. The number of halogens is 3. The van der Waals surface area contributed by atoms with Gasteiger partial charge in [0.05, 0.1) is 28.3 Å². The fourth-order valence-electron chi connectivity index (χ4n) is 6.67. The van der Waals surface area contributed by atoms with Gasteiger partial charge in [-0.2, -0.15) is 13.2 Å². The number of carbonyl (C=O) groups is 4. The van der Waals surface area contributed by atoms with E-state index in [2.05, 4.69) is 20.3 Å². The number of alkyl halides is 3. The topological polar surface area (TPSA) is 164 Å². The molecule has 4 amide bonds. The van der Waals surface area contributed by atoms with Gasteiger partial charge in [0, 0.05) is 36.1 Å². The molecule has 17 heteroatoms. The summed E-state index contributed by atoms with van der Waals surface area (Å²) in [5.74, 6) is -4.28. The summed E-state index contributed by atoms with van der Waals surface area (Å²) in [7, 11) is -2.29. The van der Waals surface area contributed by atoms with Crippen LogP contribution in [-0.4, -0.2) is 72.6 Å². The molecule has 2 aromatic rings. The van der Waals surface area contributed by atoms with Crippen LogP contribution in [0.2, 0.25) is 0 Å². The van der Waals surface area contributed by atoms with Crippen molar-refractivity contribution in [2.24, 2.45) is 17.8 Å². The highest BCUT2D eigenvalue weighted by Crippen LogP contribution is 2.47. The van der Waals surface area contributed by atoms with Crippen LogP contribution < -0.4 is 15.4 Å². The second-order valence-corrected chi connectivity index (χ2v) is 16.3. The molecule has 5 atom stereocenters. The van der Waals surface area contributed by atoms with Crippen molar-refractivity contribution in [2.75, 3.05) is 18.9 Å². The first-order valence-electron chi connectivity index (χ1n) is 16.5. The van der Waals surface area contributed by atoms with Gasteiger partial charge in [0.15, 0.2) is 0 Å². The van der Waals surface area contributed by atoms with Gasteiger partial charge < -0.3 is 15.0 Å². The lowest BCUT2D eigenvalue weighted by Crippen LogP contribution is -2.54. The van der Waals surface area contributed by atoms with E-state index in [0.717, 1.165) is 18.6 Å². The third kappa shape index (κ3) is 7.67. The van der Waals surface area contributed by atoms with E-state index in [4.69, 9.17) is 4.74 Å². The molecular weight excluding hydrogens is 700 g/mol. The fraction of sp³-hybridized carbons (Fsp3) is 0.545. The summed E-state index contributed by atoms with van der Waals surface area (Å²) in [6, 6.07) is 2.90. The summed E-state index contributed by atoms with van der Waals surface area (Å²) in [4.78, 5) is 60.1. The summed E-state index contributed by atoms with van der Waals surface area (Å²) < 4.78 is 73.9. The van der Waals surface area contributed by atoms with Gasteiger partial charge in [0.1, 0.15) is 16.7 Å². The number of hydrogen-bond acceptors (Lipinski definition) is 9. The molecule has 12 nitrogen and oxygen atoms in total. The molecule has 270 valence electrons. The molecule has 0 unspecified atom stereocenters. The Morgan fingerprint density at radius 1 is 1.14 bits per heavy atom. The van der Waals surface area contributed by atoms with Crippen LogP contribution in [-0.2, 0) is 35.3 Å². The van der Waals surface area contributed by atoms with E-state index < -0.39 is 74.3 Å². The molecule has 0 radical (unpaired) electrons. The van der Waals surface area contributed by atoms with Crippen LogP contribution in [0.1, 0.15) is 62.6 Å². The predicted molar refractivity (Wildman–Crippen MR) is 177 cm³/mol. The van der Waals surface area contributed by atoms with Gasteiger partial charge in [0.25, 0.3) is 5.91 Å². The van der Waals surface area contributed by atoms with Crippen LogP contribution >= 0.6 is 11.3 Å². The van der Waals surface area contributed by atoms with Crippen molar-refractivity contribution in [2.45, 2.75) is 81.4 Å². The minimum atomic E-state index is -4.69. The molecule has 4 aliphatic rings. The number of amides is 4. The number of allylic oxidation sites excluding steroid dienone is 1. The maximum atomic E-state index is 13.9. The van der Waals surface area contributed by atoms with Gasteiger partial charge in [-0.1, -0.05) is 12.2 Å². The smallest absolute Gasteiger partial charge is 0.416 e. The van der Waals surface area contributed by atoms with Crippen molar-refractivity contribution < 1.29 is 45.5 Å². The van der Waals surface area contributed by atoms with E-state index in [1.54, 1.807) is 19.4 Å². The highest BCUT2D eigenvalue weighted by molar-refractivity contribution is 7.91. The lowest BCUT2D eigenvalue weighted by Gasteiger charge is -2.26. The molecule has 3 fully saturated rings. The van der Waals surface area contributed by atoms with Gasteiger partial charge in [-0.05, 0) is 76.5 Å². The zero-order valence-electron chi connectivity index (χ0n) is 27.4. The van der Waals surface area contributed by atoms with Crippen molar-refractivity contribution in [1.29, 1.82) is 0 Å². The zero-order valence-corrected chi connectivity index (χ0v) is 29.1. The summed E-state index contributed by atoms with van der Waals surface area (Å²) >= 11 is 1.19. The highest BCUT2D eigenvalue weighted by atomic mass is 32.2. The Morgan fingerprint density at radius 2 is 1.88 bits per heavy atom. The maximum absolute atomic E-state index is 13.9. The zero-order chi connectivity index (χ0) is 36.0. The van der Waals surface area contributed by atoms with E-state index in [9.17, 15) is 40.8 Å². The Bertz CT molecular complexity index is 1830. The van der Waals surface area contributed by atoms with Crippen LogP contribution in [0.25, 0.3) is 10.6 Å². The first-order chi connectivity index (χ1) is 23.6. The van der Waals surface area contributed by atoms with Crippen LogP contribution in [0.4, 0.5) is 23.7 Å². The predicted octanol–water partition coefficient (Wildman–Crippen LogP) is 4.76. The number of nitrogens with zero attached hydrogens (tertiary/aromatic N) is 2. The van der Waals surface area contributed by atoms with E-state index in [0.29, 0.717) is 42.9 Å². The Labute approximate surface area is 291 Å². The van der Waals surface area contributed by atoms with Gasteiger partial charge in [-0.15, -0.1) is 11.3 Å². The lowest BCUT2D eigenvalue weighted by atomic mass is 9.93. The number of benzene rings is 1. The minimum Gasteiger partial charge on any atom is -0.446 e. The number of carbonyl (C=O) groups excluding carboxylic acids is 4. The first kappa shape index (κ1) is 35.8. The minimum absolute atomic E-state index is 0.0472. The number of thiazole rings is 1. The lowest BCUT2D eigenvalue weighted by molar-refractivity contribution is -0.140. The average molecular weight is 738 g/mol. The maximum Gasteiger partial charge on any atom is 0.416 e. The fourth-order valence-corrected chi connectivity index (χ4v) is 8.87. The van der Waals surface area contributed by atoms with Crippen molar-refractivity contribution in [3.63, 3.8) is 0 Å². The van der Waals surface area contributed by atoms with E-state index >= 15 is 0 Å². The van der Waals surface area contributed by atoms with Crippen molar-refractivity contribution >= 4 is 50.9 Å². The number of aryl methyl sites for hydroxylation is 1. The van der Waals surface area contributed by atoms with Crippen LogP contribution in [0.15, 0.2) is 35.7 Å². The number of fused-ring (bicyclic) bond motifs is 2. The summed E-state index contributed by atoms with van der Waals surface area (Å²) in [6.45, 7) is 2.15. The van der Waals surface area contributed by atoms with Crippen molar-refractivity contribution in [1.82, 2.24) is 19.9 Å². The quantitative estimate of drug-likeness (QED) is 0.358. The molecular formula is C33H38F3N5O7S2. The Hall–Kier alpha value is -3.99. The molecule has 1 aromatic heterocycles. The monoisotopic (exact) mass is 737 g/mol. The van der Waals surface area contributed by atoms with Gasteiger partial charge >= 0.3 is 12.3 Å². The second-order valence-electron chi connectivity index (χ2n) is 13.5. The second kappa shape index (κ2) is 13.6. The van der Waals surface area contributed by atoms with E-state index in [-0.39, 0.29) is 36.4 Å². The molecule has 3 N–H and O–H groups in total. The number of sulfonamides is 1. The van der Waals surface area contributed by atoms with Crippen LogP contribution in [0.3, 0.4) is 0 Å². The third-order valence-electron chi connectivity index (χ3n) is 9.70. The summed E-state index contributed by atoms with van der Waals surface area (Å²) in [5, 5.41) is 6.63. The van der Waals surface area contributed by atoms with Gasteiger partial charge in [-0.25, -0.2) is 18.2 Å². The number of rotatable bonds is 6. The third-order valence-corrected chi connectivity index (χ3v) is 12.5. The molecule has 0 bridgehead atoms. The van der Waals surface area contributed by atoms with E-state index in [1.807, 2.05) is 12.2 Å². The van der Waals surface area contributed by atoms with Crippen molar-refractivity contribution in [3.8, 4) is 10.6 Å². The normalized spacial score (nSPS) is 27.4. The van der Waals surface area contributed by atoms with Crippen molar-refractivity contribution in [3.05, 3.63) is 47.0 Å². The number of nitrogens with one attached hydrogen (secondary N) is 3. The van der Waals surface area contributed by atoms with Gasteiger partial charge in [-0.3, -0.25) is 24.4 Å². The molecule has 1 aromatic carbocycles.